The smallest absolute Gasteiger partial charge is 0.165 e. The number of aromatic nitrogens is 2. The molecule has 7 heteroatoms. The highest BCUT2D eigenvalue weighted by atomic mass is 19.1. The molecule has 6 nitrogen and oxygen atoms in total. The Kier molecular flexibility index (Phi) is 5.65. The Morgan fingerprint density at radius 1 is 1.36 bits per heavy atom. The van der Waals surface area contributed by atoms with Gasteiger partial charge in [0.25, 0.3) is 0 Å². The minimum Gasteiger partial charge on any atom is -0.494 e. The van der Waals surface area contributed by atoms with Crippen molar-refractivity contribution in [3.05, 3.63) is 42.0 Å². The Bertz CT molecular complexity index is 713. The number of ether oxygens (including phenoxy) is 1. The molecular formula is C18H23FN4O2. The first kappa shape index (κ1) is 17.4. The molecule has 1 aromatic heterocycles. The highest BCUT2D eigenvalue weighted by molar-refractivity contribution is 5.50. The first-order valence-corrected chi connectivity index (χ1v) is 8.47. The van der Waals surface area contributed by atoms with Gasteiger partial charge in [0.05, 0.1) is 19.8 Å². The monoisotopic (exact) mass is 346 g/mol. The molecule has 1 saturated heterocycles. The lowest BCUT2D eigenvalue weighted by Crippen LogP contribution is -2.32. The van der Waals surface area contributed by atoms with Crippen molar-refractivity contribution in [1.29, 1.82) is 0 Å². The molecule has 2 heterocycles. The third-order valence-corrected chi connectivity index (χ3v) is 4.47. The molecule has 1 aromatic carbocycles. The average molecular weight is 346 g/mol. The molecule has 1 aliphatic rings. The minimum absolute atomic E-state index is 0.130. The summed E-state index contributed by atoms with van der Waals surface area (Å²) in [7, 11) is 1.45. The molecule has 0 radical (unpaired) electrons. The summed E-state index contributed by atoms with van der Waals surface area (Å²) in [6.45, 7) is 1.66. The molecule has 134 valence electrons. The molecule has 0 amide bonds. The summed E-state index contributed by atoms with van der Waals surface area (Å²) in [5.41, 5.74) is 0.889. The van der Waals surface area contributed by atoms with Gasteiger partial charge in [-0.25, -0.2) is 14.4 Å². The van der Waals surface area contributed by atoms with Gasteiger partial charge in [0, 0.05) is 19.2 Å². The van der Waals surface area contributed by atoms with E-state index in [0.29, 0.717) is 13.0 Å². The van der Waals surface area contributed by atoms with Crippen molar-refractivity contribution in [2.45, 2.75) is 25.3 Å². The second kappa shape index (κ2) is 8.11. The van der Waals surface area contributed by atoms with Gasteiger partial charge in [-0.3, -0.25) is 0 Å². The summed E-state index contributed by atoms with van der Waals surface area (Å²) in [6, 6.07) is 7.00. The number of benzene rings is 1. The number of aliphatic hydroxyl groups excluding tert-OH is 1. The molecule has 0 bridgehead atoms. The largest absolute Gasteiger partial charge is 0.494 e. The van der Waals surface area contributed by atoms with Crippen molar-refractivity contribution in [2.75, 3.05) is 37.0 Å². The Labute approximate surface area is 146 Å². The van der Waals surface area contributed by atoms with Gasteiger partial charge < -0.3 is 20.1 Å². The van der Waals surface area contributed by atoms with Crippen LogP contribution in [0.3, 0.4) is 0 Å². The maximum Gasteiger partial charge on any atom is 0.165 e. The van der Waals surface area contributed by atoms with Crippen LogP contribution in [0.15, 0.2) is 30.6 Å². The van der Waals surface area contributed by atoms with Crippen LogP contribution in [0.25, 0.3) is 0 Å². The molecule has 0 unspecified atom stereocenters. The SMILES string of the molecule is COc1ccc(CCNc2cc(N3CCC[C@@H]3CO)ncn2)cc1F. The highest BCUT2D eigenvalue weighted by Crippen LogP contribution is 2.24. The molecule has 1 aliphatic heterocycles. The zero-order valence-electron chi connectivity index (χ0n) is 14.3. The molecule has 2 N–H and O–H groups in total. The maximum atomic E-state index is 13.7. The van der Waals surface area contributed by atoms with E-state index in [2.05, 4.69) is 20.2 Å². The number of methoxy groups -OCH3 is 1. The molecule has 0 saturated carbocycles. The van der Waals surface area contributed by atoms with Crippen LogP contribution in [0.1, 0.15) is 18.4 Å². The number of hydrogen-bond acceptors (Lipinski definition) is 6. The van der Waals surface area contributed by atoms with Crippen LogP contribution >= 0.6 is 0 Å². The summed E-state index contributed by atoms with van der Waals surface area (Å²) in [6.07, 6.45) is 4.23. The number of anilines is 2. The minimum atomic E-state index is -0.353. The van der Waals surface area contributed by atoms with Crippen LogP contribution < -0.4 is 15.0 Å². The first-order valence-electron chi connectivity index (χ1n) is 8.47. The normalized spacial score (nSPS) is 16.9. The Morgan fingerprint density at radius 2 is 2.24 bits per heavy atom. The van der Waals surface area contributed by atoms with E-state index in [1.165, 1.54) is 19.5 Å². The van der Waals surface area contributed by atoms with E-state index < -0.39 is 0 Å². The summed E-state index contributed by atoms with van der Waals surface area (Å²) in [5, 5.41) is 12.7. The van der Waals surface area contributed by atoms with Crippen molar-refractivity contribution in [3.63, 3.8) is 0 Å². The fourth-order valence-electron chi connectivity index (χ4n) is 3.13. The number of nitrogens with zero attached hydrogens (tertiary/aromatic N) is 3. The van der Waals surface area contributed by atoms with Crippen molar-refractivity contribution in [3.8, 4) is 5.75 Å². The number of halogens is 1. The van der Waals surface area contributed by atoms with Crippen molar-refractivity contribution >= 4 is 11.6 Å². The van der Waals surface area contributed by atoms with Crippen LogP contribution in [0.2, 0.25) is 0 Å². The van der Waals surface area contributed by atoms with Crippen molar-refractivity contribution < 1.29 is 14.2 Å². The van der Waals surface area contributed by atoms with E-state index in [1.54, 1.807) is 6.07 Å². The van der Waals surface area contributed by atoms with E-state index in [4.69, 9.17) is 4.74 Å². The van der Waals surface area contributed by atoms with Crippen LogP contribution in [0, 0.1) is 5.82 Å². The summed E-state index contributed by atoms with van der Waals surface area (Å²) >= 11 is 0. The lowest BCUT2D eigenvalue weighted by Gasteiger charge is -2.24. The fraction of sp³-hybridized carbons (Fsp3) is 0.444. The molecule has 1 fully saturated rings. The van der Waals surface area contributed by atoms with Gasteiger partial charge in [-0.15, -0.1) is 0 Å². The molecular weight excluding hydrogens is 323 g/mol. The molecule has 0 spiro atoms. The third kappa shape index (κ3) is 4.17. The van der Waals surface area contributed by atoms with E-state index >= 15 is 0 Å². The van der Waals surface area contributed by atoms with E-state index in [9.17, 15) is 9.50 Å². The van der Waals surface area contributed by atoms with Crippen molar-refractivity contribution in [1.82, 2.24) is 9.97 Å². The van der Waals surface area contributed by atoms with Gasteiger partial charge in [0.15, 0.2) is 11.6 Å². The van der Waals surface area contributed by atoms with Gasteiger partial charge in [-0.1, -0.05) is 6.07 Å². The number of nitrogens with one attached hydrogen (secondary N) is 1. The zero-order valence-corrected chi connectivity index (χ0v) is 14.3. The zero-order chi connectivity index (χ0) is 17.6. The second-order valence-corrected chi connectivity index (χ2v) is 6.08. The predicted octanol–water partition coefficient (Wildman–Crippen LogP) is 2.24. The third-order valence-electron chi connectivity index (χ3n) is 4.47. The standard InChI is InChI=1S/C18H23FN4O2/c1-25-16-5-4-13(9-15(16)19)6-7-20-17-10-18(22-12-21-17)23-8-2-3-14(23)11-24/h4-5,9-10,12,14,24H,2-3,6-8,11H2,1H3,(H,20,21,22)/t14-/m1/s1. The summed E-state index contributed by atoms with van der Waals surface area (Å²) < 4.78 is 18.6. The molecule has 25 heavy (non-hydrogen) atoms. The van der Waals surface area contributed by atoms with Gasteiger partial charge in [-0.2, -0.15) is 0 Å². The Balaban J connectivity index is 1.58. The first-order chi connectivity index (χ1) is 12.2. The predicted molar refractivity (Wildman–Crippen MR) is 94.6 cm³/mol. The van der Waals surface area contributed by atoms with E-state index in [1.807, 2.05) is 12.1 Å². The van der Waals surface area contributed by atoms with E-state index in [0.717, 1.165) is 36.6 Å². The Hall–Kier alpha value is -2.41. The highest BCUT2D eigenvalue weighted by Gasteiger charge is 2.25. The van der Waals surface area contributed by atoms with Gasteiger partial charge in [0.2, 0.25) is 0 Å². The molecule has 1 atom stereocenters. The molecule has 2 aromatic rings. The van der Waals surface area contributed by atoms with Gasteiger partial charge >= 0.3 is 0 Å². The quantitative estimate of drug-likeness (QED) is 0.801. The number of rotatable bonds is 7. The van der Waals surface area contributed by atoms with Crippen molar-refractivity contribution in [2.24, 2.45) is 0 Å². The second-order valence-electron chi connectivity index (χ2n) is 6.08. The maximum absolute atomic E-state index is 13.7. The number of hydrogen-bond donors (Lipinski definition) is 2. The lowest BCUT2D eigenvalue weighted by atomic mass is 10.1. The van der Waals surface area contributed by atoms with Crippen LogP contribution in [-0.4, -0.2) is 47.9 Å². The van der Waals surface area contributed by atoms with Crippen LogP contribution in [0.4, 0.5) is 16.0 Å². The fourth-order valence-corrected chi connectivity index (χ4v) is 3.13. The lowest BCUT2D eigenvalue weighted by molar-refractivity contribution is 0.266. The molecule has 3 rings (SSSR count). The summed E-state index contributed by atoms with van der Waals surface area (Å²) in [4.78, 5) is 10.7. The molecule has 0 aliphatic carbocycles. The van der Waals surface area contributed by atoms with Gasteiger partial charge in [-0.05, 0) is 37.0 Å². The topological polar surface area (TPSA) is 70.5 Å². The van der Waals surface area contributed by atoms with Crippen LogP contribution in [0.5, 0.6) is 5.75 Å². The van der Waals surface area contributed by atoms with Crippen LogP contribution in [-0.2, 0) is 6.42 Å². The Morgan fingerprint density at radius 3 is 3.00 bits per heavy atom. The van der Waals surface area contributed by atoms with E-state index in [-0.39, 0.29) is 24.2 Å². The summed E-state index contributed by atoms with van der Waals surface area (Å²) in [5.74, 6) is 1.45. The average Bonchev–Trinajstić information content (AvgIpc) is 3.11. The number of aliphatic hydroxyl groups is 1. The van der Waals surface area contributed by atoms with Gasteiger partial charge in [0.1, 0.15) is 18.0 Å².